The summed E-state index contributed by atoms with van der Waals surface area (Å²) in [5.41, 5.74) is 4.85. The summed E-state index contributed by atoms with van der Waals surface area (Å²) in [6.07, 6.45) is -0.611. The Morgan fingerprint density at radius 3 is 1.64 bits per heavy atom. The Labute approximate surface area is 61.5 Å². The van der Waals surface area contributed by atoms with E-state index in [-0.39, 0.29) is 13.0 Å². The van der Waals surface area contributed by atoms with Crippen LogP contribution in [-0.2, 0) is 0 Å². The zero-order valence-corrected chi connectivity index (χ0v) is 6.52. The van der Waals surface area contributed by atoms with E-state index >= 15 is 0 Å². The van der Waals surface area contributed by atoms with Gasteiger partial charge in [0.25, 0.3) is 10.2 Å². The fraction of sp³-hybridized carbons (Fsp3) is 1.00. The quantitative estimate of drug-likeness (QED) is 0.546. The molecule has 0 aromatic carbocycles. The first kappa shape index (κ1) is 11.0. The summed E-state index contributed by atoms with van der Waals surface area (Å²) in [5, 5.41) is 0. The van der Waals surface area contributed by atoms with Gasteiger partial charge in [0.15, 0.2) is 0 Å². The van der Waals surface area contributed by atoms with Crippen LogP contribution in [0.2, 0.25) is 0 Å². The minimum Gasteiger partial charge on any atom is -0.330 e. The molecule has 0 spiro atoms. The number of nitrogens with two attached hydrogens (primary N) is 1. The maximum absolute atomic E-state index is 11.5. The van der Waals surface area contributed by atoms with Crippen molar-refractivity contribution in [3.8, 4) is 0 Å². The Kier molecular flexibility index (Phi) is 2.22. The van der Waals surface area contributed by atoms with Gasteiger partial charge in [-0.15, -0.1) is 0 Å². The van der Waals surface area contributed by atoms with E-state index in [0.717, 1.165) is 0 Å². The molecule has 0 saturated heterocycles. The van der Waals surface area contributed by atoms with E-state index in [1.165, 1.54) is 0 Å². The zero-order valence-electron chi connectivity index (χ0n) is 5.70. The van der Waals surface area contributed by atoms with Gasteiger partial charge in [-0.25, -0.2) is 0 Å². The minimum absolute atomic E-state index is 0.00778. The highest BCUT2D eigenvalue weighted by atomic mass is 32.5. The minimum atomic E-state index is -9.13. The van der Waals surface area contributed by atoms with Crippen molar-refractivity contribution < 1.29 is 19.4 Å². The summed E-state index contributed by atoms with van der Waals surface area (Å²) in [6, 6.07) is 0. The summed E-state index contributed by atoms with van der Waals surface area (Å²) in [5.74, 6) is -1.99. The van der Waals surface area contributed by atoms with Gasteiger partial charge in [0, 0.05) is 0 Å². The van der Waals surface area contributed by atoms with Crippen molar-refractivity contribution in [1.29, 1.82) is 0 Å². The Morgan fingerprint density at radius 2 is 1.36 bits per heavy atom. The molecule has 72 valence electrons. The third-order valence-corrected chi connectivity index (χ3v) is 2.04. The third kappa shape index (κ3) is 9.96. The molecule has 0 amide bonds. The second-order valence-corrected chi connectivity index (χ2v) is 4.99. The van der Waals surface area contributed by atoms with Crippen LogP contribution in [0.25, 0.3) is 0 Å². The lowest BCUT2D eigenvalue weighted by Gasteiger charge is -2.40. The summed E-state index contributed by atoms with van der Waals surface area (Å²) < 4.78 is 57.5. The maximum atomic E-state index is 11.5. The summed E-state index contributed by atoms with van der Waals surface area (Å²) in [7, 11) is -9.13. The SMILES string of the molecule is NCCCCS(F)(F)(F)(F)F. The van der Waals surface area contributed by atoms with E-state index in [2.05, 4.69) is 0 Å². The molecule has 0 aliphatic rings. The number of halogens is 5. The van der Waals surface area contributed by atoms with E-state index in [4.69, 9.17) is 5.73 Å². The molecule has 0 aliphatic carbocycles. The molecule has 0 bridgehead atoms. The van der Waals surface area contributed by atoms with Gasteiger partial charge in [-0.2, -0.15) is 0 Å². The fourth-order valence-electron chi connectivity index (χ4n) is 0.519. The van der Waals surface area contributed by atoms with Gasteiger partial charge in [0.2, 0.25) is 0 Å². The van der Waals surface area contributed by atoms with Crippen LogP contribution >= 0.6 is 10.2 Å². The van der Waals surface area contributed by atoms with E-state index < -0.39 is 22.4 Å². The van der Waals surface area contributed by atoms with Crippen LogP contribution in [0, 0.1) is 0 Å². The summed E-state index contributed by atoms with van der Waals surface area (Å²) in [4.78, 5) is 0. The van der Waals surface area contributed by atoms with Crippen molar-refractivity contribution >= 4 is 10.2 Å². The third-order valence-electron chi connectivity index (χ3n) is 0.984. The van der Waals surface area contributed by atoms with Gasteiger partial charge >= 0.3 is 0 Å². The Balaban J connectivity index is 3.95. The number of unbranched alkanes of at least 4 members (excludes halogenated alkanes) is 1. The zero-order chi connectivity index (χ0) is 9.24. The molecule has 0 aromatic rings. The second-order valence-electron chi connectivity index (χ2n) is 2.33. The van der Waals surface area contributed by atoms with Crippen LogP contribution in [0.1, 0.15) is 12.8 Å². The highest BCUT2D eigenvalue weighted by Gasteiger charge is 2.62. The Bertz CT molecular complexity index is 135. The van der Waals surface area contributed by atoms with Crippen molar-refractivity contribution in [2.24, 2.45) is 5.73 Å². The lowest BCUT2D eigenvalue weighted by Crippen LogP contribution is -2.12. The summed E-state index contributed by atoms with van der Waals surface area (Å²) >= 11 is 0. The first-order valence-electron chi connectivity index (χ1n) is 2.97. The number of hydrogen-bond acceptors (Lipinski definition) is 1. The van der Waals surface area contributed by atoms with Crippen molar-refractivity contribution in [1.82, 2.24) is 0 Å². The Hall–Kier alpha value is -0.0400. The molecule has 0 aromatic heterocycles. The molecule has 0 radical (unpaired) electrons. The van der Waals surface area contributed by atoms with Crippen LogP contribution < -0.4 is 5.73 Å². The van der Waals surface area contributed by atoms with Crippen molar-refractivity contribution in [2.75, 3.05) is 12.3 Å². The molecule has 1 nitrogen and oxygen atoms in total. The molecule has 0 unspecified atom stereocenters. The van der Waals surface area contributed by atoms with Crippen LogP contribution in [0.4, 0.5) is 19.4 Å². The molecule has 11 heavy (non-hydrogen) atoms. The van der Waals surface area contributed by atoms with Crippen LogP contribution in [0.3, 0.4) is 0 Å². The predicted octanol–water partition coefficient (Wildman–Crippen LogP) is 3.02. The van der Waals surface area contributed by atoms with Crippen LogP contribution in [-0.4, -0.2) is 12.3 Å². The molecule has 0 heterocycles. The monoisotopic (exact) mass is 199 g/mol. The normalized spacial score (nSPS) is 19.1. The van der Waals surface area contributed by atoms with E-state index in [9.17, 15) is 19.4 Å². The fourth-order valence-corrected chi connectivity index (χ4v) is 1.27. The molecular formula is C4H10F5NS. The smallest absolute Gasteiger partial charge is 0.285 e. The molecule has 0 rings (SSSR count). The van der Waals surface area contributed by atoms with Gasteiger partial charge in [-0.1, -0.05) is 19.4 Å². The second kappa shape index (κ2) is 2.22. The lowest BCUT2D eigenvalue weighted by atomic mass is 10.3. The first-order valence-corrected chi connectivity index (χ1v) is 5.09. The summed E-state index contributed by atoms with van der Waals surface area (Å²) in [6.45, 7) is 0.00778. The van der Waals surface area contributed by atoms with Crippen LogP contribution in [0.5, 0.6) is 0 Å². The first-order chi connectivity index (χ1) is 4.54. The molecule has 2 N–H and O–H groups in total. The molecule has 0 atom stereocenters. The van der Waals surface area contributed by atoms with Gasteiger partial charge in [0.05, 0.1) is 5.75 Å². The standard InChI is InChI=1S/C4H10F5NS/c5-11(6,7,8,9)4-2-1-3-10/h1-4,10H2. The lowest BCUT2D eigenvalue weighted by molar-refractivity contribution is 0.361. The van der Waals surface area contributed by atoms with Crippen molar-refractivity contribution in [3.63, 3.8) is 0 Å². The number of hydrogen-bond donors (Lipinski definition) is 1. The van der Waals surface area contributed by atoms with E-state index in [1.807, 2.05) is 0 Å². The predicted molar refractivity (Wildman–Crippen MR) is 36.3 cm³/mol. The van der Waals surface area contributed by atoms with Gasteiger partial charge in [-0.05, 0) is 19.4 Å². The van der Waals surface area contributed by atoms with Gasteiger partial charge in [-0.3, -0.25) is 0 Å². The van der Waals surface area contributed by atoms with E-state index in [0.29, 0.717) is 0 Å². The van der Waals surface area contributed by atoms with Crippen LogP contribution in [0.15, 0.2) is 0 Å². The van der Waals surface area contributed by atoms with Gasteiger partial charge in [0.1, 0.15) is 0 Å². The highest BCUT2D eigenvalue weighted by molar-refractivity contribution is 8.45. The average Bonchev–Trinajstić information content (AvgIpc) is 1.59. The molecule has 0 saturated carbocycles. The highest BCUT2D eigenvalue weighted by Crippen LogP contribution is 2.97. The number of rotatable bonds is 4. The van der Waals surface area contributed by atoms with Crippen molar-refractivity contribution in [2.45, 2.75) is 12.8 Å². The molecular weight excluding hydrogens is 189 g/mol. The van der Waals surface area contributed by atoms with Crippen molar-refractivity contribution in [3.05, 3.63) is 0 Å². The maximum Gasteiger partial charge on any atom is 0.285 e. The van der Waals surface area contributed by atoms with Gasteiger partial charge < -0.3 is 5.73 Å². The topological polar surface area (TPSA) is 26.0 Å². The van der Waals surface area contributed by atoms with E-state index in [1.54, 1.807) is 0 Å². The average molecular weight is 199 g/mol. The molecule has 0 aliphatic heterocycles. The molecule has 7 heteroatoms. The molecule has 0 fully saturated rings. The largest absolute Gasteiger partial charge is 0.330 e. The Morgan fingerprint density at radius 1 is 0.909 bits per heavy atom.